The van der Waals surface area contributed by atoms with Crippen LogP contribution in [0.1, 0.15) is 67.9 Å². The highest BCUT2D eigenvalue weighted by atomic mass is 16.3. The van der Waals surface area contributed by atoms with E-state index in [1.807, 2.05) is 41.8 Å². The first kappa shape index (κ1) is 21.8. The van der Waals surface area contributed by atoms with Gasteiger partial charge in [-0.25, -0.2) is 0 Å². The number of nitrogens with one attached hydrogen (secondary N) is 1. The zero-order valence-corrected chi connectivity index (χ0v) is 19.4. The summed E-state index contributed by atoms with van der Waals surface area (Å²) in [6, 6.07) is 14.2. The minimum Gasteiger partial charge on any atom is -0.463 e. The predicted molar refractivity (Wildman–Crippen MR) is 128 cm³/mol. The Morgan fingerprint density at radius 2 is 1.88 bits per heavy atom. The van der Waals surface area contributed by atoms with Gasteiger partial charge in [-0.05, 0) is 38.2 Å². The van der Waals surface area contributed by atoms with E-state index in [1.54, 1.807) is 11.2 Å². The van der Waals surface area contributed by atoms with E-state index in [0.717, 1.165) is 44.0 Å². The fourth-order valence-corrected chi connectivity index (χ4v) is 5.47. The third kappa shape index (κ3) is 4.19. The summed E-state index contributed by atoms with van der Waals surface area (Å²) in [7, 11) is 0. The van der Waals surface area contributed by atoms with E-state index in [0.29, 0.717) is 24.4 Å². The van der Waals surface area contributed by atoms with Crippen LogP contribution in [0.15, 0.2) is 53.1 Å². The molecule has 2 aromatic heterocycles. The molecule has 0 radical (unpaired) electrons. The van der Waals surface area contributed by atoms with Crippen LogP contribution in [0.3, 0.4) is 0 Å². The number of rotatable bonds is 6. The van der Waals surface area contributed by atoms with E-state index in [1.165, 1.54) is 18.4 Å². The van der Waals surface area contributed by atoms with Crippen LogP contribution in [0.4, 0.5) is 0 Å². The molecule has 5 rings (SSSR count). The quantitative estimate of drug-likeness (QED) is 0.546. The smallest absolute Gasteiger partial charge is 0.271 e. The molecule has 0 saturated heterocycles. The van der Waals surface area contributed by atoms with Crippen LogP contribution in [0.25, 0.3) is 11.1 Å². The molecule has 3 aromatic rings. The Hall–Kier alpha value is -3.02. The van der Waals surface area contributed by atoms with Gasteiger partial charge in [-0.15, -0.1) is 0 Å². The molecule has 2 aliphatic rings. The van der Waals surface area contributed by atoms with Crippen molar-refractivity contribution in [3.8, 4) is 0 Å². The van der Waals surface area contributed by atoms with Gasteiger partial charge in [0.1, 0.15) is 11.2 Å². The van der Waals surface area contributed by atoms with Gasteiger partial charge in [-0.3, -0.25) is 9.59 Å². The van der Waals surface area contributed by atoms with Crippen molar-refractivity contribution in [1.29, 1.82) is 0 Å². The summed E-state index contributed by atoms with van der Waals surface area (Å²) in [6.45, 7) is 2.89. The Balaban J connectivity index is 1.41. The summed E-state index contributed by atoms with van der Waals surface area (Å²) in [4.78, 5) is 29.2. The van der Waals surface area contributed by atoms with Crippen molar-refractivity contribution < 1.29 is 14.0 Å². The number of hydrogen-bond donors (Lipinski definition) is 1. The Labute approximate surface area is 194 Å². The maximum absolute atomic E-state index is 13.8. The predicted octanol–water partition coefficient (Wildman–Crippen LogP) is 4.92. The molecule has 1 aromatic carbocycles. The fraction of sp³-hybridized carbons (Fsp3) is 0.481. The monoisotopic (exact) mass is 447 g/mol. The molecule has 174 valence electrons. The summed E-state index contributed by atoms with van der Waals surface area (Å²) < 4.78 is 7.52. The van der Waals surface area contributed by atoms with Crippen LogP contribution in [-0.4, -0.2) is 39.4 Å². The number of furan rings is 1. The largest absolute Gasteiger partial charge is 0.463 e. The first-order valence-corrected chi connectivity index (χ1v) is 12.3. The second-order valence-corrected chi connectivity index (χ2v) is 9.77. The van der Waals surface area contributed by atoms with E-state index in [4.69, 9.17) is 4.42 Å². The standard InChI is InChI=1S/C27H33N3O3/c1-27(26(32)28-21-13-7-2-3-8-14-21)19-29-22-15-17-33-24(22)18-23(29)25(31)30(27)16-9-12-20-10-5-4-6-11-20/h4-6,10-11,15,17-18,21H,2-3,7-9,12-14,16,19H2,1H3,(H,28,32). The van der Waals surface area contributed by atoms with Crippen molar-refractivity contribution >= 4 is 22.9 Å². The number of fused-ring (bicyclic) bond motifs is 3. The summed E-state index contributed by atoms with van der Waals surface area (Å²) in [5, 5.41) is 3.32. The first-order valence-electron chi connectivity index (χ1n) is 12.3. The minimum absolute atomic E-state index is 0.0431. The Kier molecular flexibility index (Phi) is 6.00. The van der Waals surface area contributed by atoms with Crippen LogP contribution >= 0.6 is 0 Å². The van der Waals surface area contributed by atoms with Gasteiger partial charge < -0.3 is 19.2 Å². The zero-order chi connectivity index (χ0) is 22.8. The van der Waals surface area contributed by atoms with Gasteiger partial charge in [0.05, 0.1) is 18.3 Å². The third-order valence-electron chi connectivity index (χ3n) is 7.42. The molecule has 1 aliphatic carbocycles. The van der Waals surface area contributed by atoms with Crippen LogP contribution < -0.4 is 5.32 Å². The highest BCUT2D eigenvalue weighted by Crippen LogP contribution is 2.33. The summed E-state index contributed by atoms with van der Waals surface area (Å²) in [5.74, 6) is -0.141. The van der Waals surface area contributed by atoms with E-state index < -0.39 is 5.54 Å². The van der Waals surface area contributed by atoms with Gasteiger partial charge in [-0.2, -0.15) is 0 Å². The Morgan fingerprint density at radius 3 is 2.64 bits per heavy atom. The molecular formula is C27H33N3O3. The van der Waals surface area contributed by atoms with E-state index in [-0.39, 0.29) is 17.9 Å². The molecular weight excluding hydrogens is 414 g/mol. The van der Waals surface area contributed by atoms with Crippen LogP contribution in [-0.2, 0) is 17.8 Å². The van der Waals surface area contributed by atoms with Crippen LogP contribution in [0, 0.1) is 0 Å². The highest BCUT2D eigenvalue weighted by molar-refractivity contribution is 6.02. The normalized spacial score (nSPS) is 21.7. The van der Waals surface area contributed by atoms with Crippen LogP contribution in [0.5, 0.6) is 0 Å². The SMILES string of the molecule is CC1(C(=O)NC2CCCCCC2)Cn2c(cc3occc32)C(=O)N1CCCc1ccccc1. The molecule has 33 heavy (non-hydrogen) atoms. The average Bonchev–Trinajstić information content (AvgIpc) is 3.31. The van der Waals surface area contributed by atoms with E-state index in [9.17, 15) is 9.59 Å². The lowest BCUT2D eigenvalue weighted by atomic mass is 9.93. The van der Waals surface area contributed by atoms with E-state index >= 15 is 0 Å². The molecule has 1 fully saturated rings. The number of carbonyl (C=O) groups is 2. The van der Waals surface area contributed by atoms with Gasteiger partial charge >= 0.3 is 0 Å². The number of carbonyl (C=O) groups excluding carboxylic acids is 2. The van der Waals surface area contributed by atoms with Gasteiger partial charge in [0.2, 0.25) is 5.91 Å². The lowest BCUT2D eigenvalue weighted by Gasteiger charge is -2.44. The number of amides is 2. The van der Waals surface area contributed by atoms with Crippen molar-refractivity contribution in [2.45, 2.75) is 76.4 Å². The lowest BCUT2D eigenvalue weighted by Crippen LogP contribution is -2.65. The molecule has 2 amide bonds. The molecule has 1 unspecified atom stereocenters. The zero-order valence-electron chi connectivity index (χ0n) is 19.4. The van der Waals surface area contributed by atoms with Gasteiger partial charge in [-0.1, -0.05) is 56.0 Å². The molecule has 0 bridgehead atoms. The maximum Gasteiger partial charge on any atom is 0.271 e. The lowest BCUT2D eigenvalue weighted by molar-refractivity contribution is -0.133. The number of aryl methyl sites for hydroxylation is 1. The Morgan fingerprint density at radius 1 is 1.12 bits per heavy atom. The van der Waals surface area contributed by atoms with Gasteiger partial charge in [0.25, 0.3) is 5.91 Å². The molecule has 3 heterocycles. The second kappa shape index (κ2) is 9.08. The molecule has 1 atom stereocenters. The van der Waals surface area contributed by atoms with Crippen molar-refractivity contribution in [3.05, 3.63) is 60.0 Å². The summed E-state index contributed by atoms with van der Waals surface area (Å²) >= 11 is 0. The topological polar surface area (TPSA) is 67.5 Å². The second-order valence-electron chi connectivity index (χ2n) is 9.77. The molecule has 1 N–H and O–H groups in total. The highest BCUT2D eigenvalue weighted by Gasteiger charge is 2.48. The van der Waals surface area contributed by atoms with Crippen molar-refractivity contribution in [1.82, 2.24) is 14.8 Å². The molecule has 6 heteroatoms. The number of nitrogens with zero attached hydrogens (tertiary/aromatic N) is 2. The molecule has 1 saturated carbocycles. The third-order valence-corrected chi connectivity index (χ3v) is 7.42. The molecule has 1 aliphatic heterocycles. The maximum atomic E-state index is 13.8. The van der Waals surface area contributed by atoms with E-state index in [2.05, 4.69) is 17.4 Å². The average molecular weight is 448 g/mol. The minimum atomic E-state index is -0.948. The first-order chi connectivity index (χ1) is 16.1. The fourth-order valence-electron chi connectivity index (χ4n) is 5.47. The van der Waals surface area contributed by atoms with Crippen molar-refractivity contribution in [3.63, 3.8) is 0 Å². The van der Waals surface area contributed by atoms with Gasteiger partial charge in [0.15, 0.2) is 5.58 Å². The molecule has 0 spiro atoms. The Bertz CT molecular complexity index is 1120. The van der Waals surface area contributed by atoms with Crippen molar-refractivity contribution in [2.24, 2.45) is 0 Å². The summed E-state index contributed by atoms with van der Waals surface area (Å²) in [5.41, 5.74) is 2.46. The van der Waals surface area contributed by atoms with Crippen LogP contribution in [0.2, 0.25) is 0 Å². The summed E-state index contributed by atoms with van der Waals surface area (Å²) in [6.07, 6.45) is 10.1. The molecule has 6 nitrogen and oxygen atoms in total. The number of aromatic nitrogens is 1. The number of hydrogen-bond acceptors (Lipinski definition) is 3. The number of benzene rings is 1. The van der Waals surface area contributed by atoms with Crippen molar-refractivity contribution in [2.75, 3.05) is 6.54 Å². The van der Waals surface area contributed by atoms with Gasteiger partial charge in [0, 0.05) is 24.7 Å².